The Balaban J connectivity index is 2.01. The van der Waals surface area contributed by atoms with Gasteiger partial charge in [0.25, 0.3) is 5.91 Å². The van der Waals surface area contributed by atoms with E-state index in [2.05, 4.69) is 89.4 Å². The van der Waals surface area contributed by atoms with Gasteiger partial charge in [0.05, 0.1) is 6.20 Å². The summed E-state index contributed by atoms with van der Waals surface area (Å²) in [7, 11) is 0. The summed E-state index contributed by atoms with van der Waals surface area (Å²) in [4.78, 5) is 27.7. The normalized spacial score (nSPS) is 12.3. The first-order valence-corrected chi connectivity index (χ1v) is 13.0. The maximum Gasteiger partial charge on any atom is 0.276 e. The lowest BCUT2D eigenvalue weighted by Crippen LogP contribution is -2.37. The fraction of sp³-hybridized carbons (Fsp3) is 0.400. The highest BCUT2D eigenvalue weighted by molar-refractivity contribution is 5.91. The molecule has 1 heterocycles. The summed E-state index contributed by atoms with van der Waals surface area (Å²) in [5.74, 6) is -0.517. The van der Waals surface area contributed by atoms with Crippen molar-refractivity contribution in [2.75, 3.05) is 13.1 Å². The van der Waals surface area contributed by atoms with Crippen LogP contribution in [0.2, 0.25) is 0 Å². The molecule has 0 aliphatic heterocycles. The molecule has 0 aliphatic carbocycles. The van der Waals surface area contributed by atoms with E-state index in [1.165, 1.54) is 6.20 Å². The van der Waals surface area contributed by atoms with Gasteiger partial charge < -0.3 is 15.8 Å². The van der Waals surface area contributed by atoms with E-state index in [9.17, 15) is 14.8 Å². The largest absolute Gasteiger partial charge is 0.618 e. The SMILES string of the molecule is CCC=CCC=CCC=CCC=CCC=CCC=CCCC(=O)NCCNC(=O)c1c[n+]([O-])c(C)cn1. The Kier molecular flexibility index (Phi) is 18.2. The van der Waals surface area contributed by atoms with E-state index in [1.807, 2.05) is 6.08 Å². The molecule has 0 saturated carbocycles. The van der Waals surface area contributed by atoms with E-state index in [0.717, 1.165) is 44.7 Å². The summed E-state index contributed by atoms with van der Waals surface area (Å²) in [5, 5.41) is 16.9. The van der Waals surface area contributed by atoms with E-state index >= 15 is 0 Å². The molecule has 200 valence electrons. The van der Waals surface area contributed by atoms with Crippen LogP contribution in [0.1, 0.15) is 74.5 Å². The van der Waals surface area contributed by atoms with Gasteiger partial charge in [0.1, 0.15) is 0 Å². The number of carbonyl (C=O) groups is 2. The van der Waals surface area contributed by atoms with Crippen LogP contribution in [0.3, 0.4) is 0 Å². The van der Waals surface area contributed by atoms with E-state index in [-0.39, 0.29) is 18.1 Å². The molecule has 0 saturated heterocycles. The van der Waals surface area contributed by atoms with E-state index in [4.69, 9.17) is 0 Å². The van der Waals surface area contributed by atoms with Gasteiger partial charge in [0, 0.05) is 26.4 Å². The van der Waals surface area contributed by atoms with Gasteiger partial charge in [0.2, 0.25) is 17.8 Å². The number of carbonyl (C=O) groups excluding carboxylic acids is 2. The first-order chi connectivity index (χ1) is 18.0. The van der Waals surface area contributed by atoms with Crippen molar-refractivity contribution in [3.05, 3.63) is 102 Å². The van der Waals surface area contributed by atoms with Gasteiger partial charge in [-0.25, -0.2) is 4.98 Å². The summed E-state index contributed by atoms with van der Waals surface area (Å²) < 4.78 is 0.596. The van der Waals surface area contributed by atoms with Crippen LogP contribution in [0.25, 0.3) is 0 Å². The number of aryl methyl sites for hydroxylation is 1. The predicted molar refractivity (Wildman–Crippen MR) is 151 cm³/mol. The minimum atomic E-state index is -0.447. The molecule has 0 radical (unpaired) electrons. The zero-order valence-electron chi connectivity index (χ0n) is 22.3. The highest BCUT2D eigenvalue weighted by Crippen LogP contribution is 1.98. The molecule has 2 N–H and O–H groups in total. The Morgan fingerprint density at radius 2 is 1.30 bits per heavy atom. The van der Waals surface area contributed by atoms with Gasteiger partial charge in [0.15, 0.2) is 5.69 Å². The molecule has 37 heavy (non-hydrogen) atoms. The zero-order chi connectivity index (χ0) is 27.0. The highest BCUT2D eigenvalue weighted by Gasteiger charge is 2.11. The Hall–Kier alpha value is -3.74. The van der Waals surface area contributed by atoms with Gasteiger partial charge in [-0.05, 0) is 44.9 Å². The minimum Gasteiger partial charge on any atom is -0.618 e. The van der Waals surface area contributed by atoms with Crippen molar-refractivity contribution < 1.29 is 14.3 Å². The predicted octanol–water partition coefficient (Wildman–Crippen LogP) is 5.35. The average Bonchev–Trinajstić information content (AvgIpc) is 2.89. The number of hydrogen-bond acceptors (Lipinski definition) is 4. The van der Waals surface area contributed by atoms with E-state index in [1.54, 1.807) is 6.92 Å². The number of amides is 2. The highest BCUT2D eigenvalue weighted by atomic mass is 16.5. The van der Waals surface area contributed by atoms with E-state index in [0.29, 0.717) is 29.8 Å². The molecule has 1 aromatic rings. The number of nitrogens with one attached hydrogen (secondary N) is 2. The fourth-order valence-electron chi connectivity index (χ4n) is 2.99. The van der Waals surface area contributed by atoms with Crippen molar-refractivity contribution in [2.45, 2.75) is 65.2 Å². The number of aromatic nitrogens is 2. The standard InChI is InChI=1S/C30H42N4O3/c1-3-4-5-6-7-8-9-10-11-12-13-14-15-16-17-18-19-20-21-22-29(35)31-23-24-32-30(36)28-26-34(37)27(2)25-33-28/h4-5,7-8,10-11,13-14,16-17,19-20,25-26H,3,6,9,12,15,18,21-24H2,1-2H3,(H,31,35)(H,32,36). The molecule has 2 amide bonds. The molecule has 0 bridgehead atoms. The van der Waals surface area contributed by atoms with Crippen LogP contribution in [-0.2, 0) is 4.79 Å². The van der Waals surface area contributed by atoms with Crippen LogP contribution in [0.4, 0.5) is 0 Å². The van der Waals surface area contributed by atoms with E-state index < -0.39 is 5.91 Å². The molecule has 0 unspecified atom stereocenters. The number of rotatable bonds is 18. The summed E-state index contributed by atoms with van der Waals surface area (Å²) in [6, 6.07) is 0. The first kappa shape index (κ1) is 31.3. The lowest BCUT2D eigenvalue weighted by molar-refractivity contribution is -0.613. The molecule has 1 aromatic heterocycles. The van der Waals surface area contributed by atoms with Crippen LogP contribution >= 0.6 is 0 Å². The lowest BCUT2D eigenvalue weighted by Gasteiger charge is -2.06. The molecule has 0 fully saturated rings. The lowest BCUT2D eigenvalue weighted by atomic mass is 10.2. The summed E-state index contributed by atoms with van der Waals surface area (Å²) in [5.41, 5.74) is 0.459. The minimum absolute atomic E-state index is 0.0459. The van der Waals surface area contributed by atoms with Crippen LogP contribution in [0.15, 0.2) is 85.3 Å². The second kappa shape index (κ2) is 21.5. The van der Waals surface area contributed by atoms with Crippen LogP contribution in [0, 0.1) is 12.1 Å². The second-order valence-corrected chi connectivity index (χ2v) is 8.30. The molecule has 7 heteroatoms. The van der Waals surface area contributed by atoms with Crippen molar-refractivity contribution in [1.29, 1.82) is 0 Å². The summed E-state index contributed by atoms with van der Waals surface area (Å²) in [6.45, 7) is 4.33. The third kappa shape index (κ3) is 17.4. The molecule has 0 aliphatic rings. The van der Waals surface area contributed by atoms with Crippen LogP contribution < -0.4 is 15.4 Å². The summed E-state index contributed by atoms with van der Waals surface area (Å²) in [6.07, 6.45) is 35.2. The zero-order valence-corrected chi connectivity index (χ0v) is 22.3. The quantitative estimate of drug-likeness (QED) is 0.121. The molecule has 0 atom stereocenters. The monoisotopic (exact) mass is 506 g/mol. The number of nitrogens with zero attached hydrogens (tertiary/aromatic N) is 2. The van der Waals surface area contributed by atoms with Crippen molar-refractivity contribution in [3.63, 3.8) is 0 Å². The molecule has 0 spiro atoms. The second-order valence-electron chi connectivity index (χ2n) is 8.30. The first-order valence-electron chi connectivity index (χ1n) is 13.0. The molecule has 0 aromatic carbocycles. The molecule has 7 nitrogen and oxygen atoms in total. The fourth-order valence-corrected chi connectivity index (χ4v) is 2.99. The van der Waals surface area contributed by atoms with Gasteiger partial charge >= 0.3 is 0 Å². The summed E-state index contributed by atoms with van der Waals surface area (Å²) >= 11 is 0. The number of allylic oxidation sites excluding steroid dienone is 12. The molecule has 1 rings (SSSR count). The van der Waals surface area contributed by atoms with Gasteiger partial charge in [-0.1, -0.05) is 79.8 Å². The Bertz CT molecular complexity index is 975. The Morgan fingerprint density at radius 1 is 0.811 bits per heavy atom. The third-order valence-corrected chi connectivity index (χ3v) is 5.08. The third-order valence-electron chi connectivity index (χ3n) is 5.08. The molecular formula is C30H42N4O3. The smallest absolute Gasteiger partial charge is 0.276 e. The molecular weight excluding hydrogens is 464 g/mol. The van der Waals surface area contributed by atoms with Crippen molar-refractivity contribution in [3.8, 4) is 0 Å². The maximum atomic E-state index is 12.0. The van der Waals surface area contributed by atoms with Gasteiger partial charge in [-0.3, -0.25) is 9.59 Å². The van der Waals surface area contributed by atoms with Crippen molar-refractivity contribution in [1.82, 2.24) is 15.6 Å². The van der Waals surface area contributed by atoms with Crippen LogP contribution in [0.5, 0.6) is 0 Å². The van der Waals surface area contributed by atoms with Gasteiger partial charge in [-0.15, -0.1) is 0 Å². The topological polar surface area (TPSA) is 98.0 Å². The van der Waals surface area contributed by atoms with Crippen molar-refractivity contribution >= 4 is 11.8 Å². The van der Waals surface area contributed by atoms with Crippen LogP contribution in [-0.4, -0.2) is 29.9 Å². The average molecular weight is 507 g/mol. The van der Waals surface area contributed by atoms with Crippen molar-refractivity contribution in [2.24, 2.45) is 0 Å². The van der Waals surface area contributed by atoms with Gasteiger partial charge in [-0.2, -0.15) is 4.73 Å². The number of hydrogen-bond donors (Lipinski definition) is 2. The maximum absolute atomic E-state index is 12.0. The Morgan fingerprint density at radius 3 is 1.81 bits per heavy atom. The Labute approximate surface area is 222 Å².